The summed E-state index contributed by atoms with van der Waals surface area (Å²) in [6.07, 6.45) is 12.9. The van der Waals surface area contributed by atoms with Crippen LogP contribution in [0.5, 0.6) is 0 Å². The summed E-state index contributed by atoms with van der Waals surface area (Å²) >= 11 is 0. The summed E-state index contributed by atoms with van der Waals surface area (Å²) in [6, 6.07) is 0.684. The van der Waals surface area contributed by atoms with E-state index < -0.39 is 0 Å². The fraction of sp³-hybridized carbons (Fsp3) is 1.00. The predicted molar refractivity (Wildman–Crippen MR) is 117 cm³/mol. The maximum absolute atomic E-state index is 5.53. The number of hydrogen-bond acceptors (Lipinski definition) is 5. The standard InChI is InChI=1S/C23H46N4O/c1-4-27(5-2)15-14-18-6-10-21(11-7-18)26-23-24-16-20(17-25-23)19-8-12-22(28-3)13-9-19/h18-26H,4-17H2,1-3H3. The fourth-order valence-electron chi connectivity index (χ4n) is 5.69. The molecule has 0 radical (unpaired) electrons. The lowest BCUT2D eigenvalue weighted by Crippen LogP contribution is -2.63. The smallest absolute Gasteiger partial charge is 0.112 e. The third-order valence-corrected chi connectivity index (χ3v) is 7.88. The van der Waals surface area contributed by atoms with Gasteiger partial charge in [0.25, 0.3) is 0 Å². The predicted octanol–water partition coefficient (Wildman–Crippen LogP) is 3.16. The second-order valence-corrected chi connectivity index (χ2v) is 9.48. The Kier molecular flexibility index (Phi) is 9.52. The minimum atomic E-state index is 0.309. The third kappa shape index (κ3) is 6.66. The van der Waals surface area contributed by atoms with E-state index in [2.05, 4.69) is 34.7 Å². The van der Waals surface area contributed by atoms with Gasteiger partial charge in [0, 0.05) is 26.2 Å². The highest BCUT2D eigenvalue weighted by Crippen LogP contribution is 2.32. The molecular weight excluding hydrogens is 348 g/mol. The van der Waals surface area contributed by atoms with Gasteiger partial charge in [-0.25, -0.2) is 0 Å². The van der Waals surface area contributed by atoms with Gasteiger partial charge in [0.05, 0.1) is 6.10 Å². The third-order valence-electron chi connectivity index (χ3n) is 7.88. The molecule has 2 aliphatic carbocycles. The molecule has 1 heterocycles. The van der Waals surface area contributed by atoms with Crippen LogP contribution in [0.3, 0.4) is 0 Å². The number of ether oxygens (including phenoxy) is 1. The second-order valence-electron chi connectivity index (χ2n) is 9.48. The quantitative estimate of drug-likeness (QED) is 0.561. The molecular formula is C23H46N4O. The zero-order chi connectivity index (χ0) is 19.8. The summed E-state index contributed by atoms with van der Waals surface area (Å²) in [5, 5.41) is 11.3. The summed E-state index contributed by atoms with van der Waals surface area (Å²) in [5.74, 6) is 2.60. The molecule has 3 N–H and O–H groups in total. The van der Waals surface area contributed by atoms with E-state index >= 15 is 0 Å². The van der Waals surface area contributed by atoms with Gasteiger partial charge in [-0.15, -0.1) is 0 Å². The van der Waals surface area contributed by atoms with E-state index in [1.807, 2.05) is 7.11 Å². The Morgan fingerprint density at radius 1 is 0.857 bits per heavy atom. The Labute approximate surface area is 173 Å². The van der Waals surface area contributed by atoms with Crippen molar-refractivity contribution in [1.29, 1.82) is 0 Å². The van der Waals surface area contributed by atoms with Gasteiger partial charge >= 0.3 is 0 Å². The zero-order valence-electron chi connectivity index (χ0n) is 18.7. The maximum Gasteiger partial charge on any atom is 0.112 e. The lowest BCUT2D eigenvalue weighted by atomic mass is 9.78. The average Bonchev–Trinajstić information content (AvgIpc) is 2.76. The first kappa shape index (κ1) is 22.5. The van der Waals surface area contributed by atoms with Gasteiger partial charge in [-0.1, -0.05) is 13.8 Å². The summed E-state index contributed by atoms with van der Waals surface area (Å²) < 4.78 is 5.53. The van der Waals surface area contributed by atoms with Crippen molar-refractivity contribution in [3.05, 3.63) is 0 Å². The zero-order valence-corrected chi connectivity index (χ0v) is 18.7. The van der Waals surface area contributed by atoms with Crippen LogP contribution in [0.15, 0.2) is 0 Å². The summed E-state index contributed by atoms with van der Waals surface area (Å²) in [4.78, 5) is 2.57. The molecule has 1 saturated heterocycles. The molecule has 28 heavy (non-hydrogen) atoms. The molecule has 5 nitrogen and oxygen atoms in total. The molecule has 0 spiro atoms. The highest BCUT2D eigenvalue weighted by atomic mass is 16.5. The largest absolute Gasteiger partial charge is 0.381 e. The molecule has 0 amide bonds. The van der Waals surface area contributed by atoms with Crippen LogP contribution in [-0.4, -0.2) is 63.2 Å². The van der Waals surface area contributed by atoms with Crippen molar-refractivity contribution in [3.63, 3.8) is 0 Å². The Morgan fingerprint density at radius 3 is 2.07 bits per heavy atom. The lowest BCUT2D eigenvalue weighted by molar-refractivity contribution is 0.0414. The van der Waals surface area contributed by atoms with Crippen LogP contribution in [0, 0.1) is 17.8 Å². The van der Waals surface area contributed by atoms with E-state index in [0.29, 0.717) is 18.4 Å². The van der Waals surface area contributed by atoms with Crippen LogP contribution in [0.4, 0.5) is 0 Å². The van der Waals surface area contributed by atoms with E-state index in [9.17, 15) is 0 Å². The fourth-order valence-corrected chi connectivity index (χ4v) is 5.69. The molecule has 3 aliphatic rings. The Balaban J connectivity index is 1.28. The average molecular weight is 395 g/mol. The van der Waals surface area contributed by atoms with Gasteiger partial charge in [-0.2, -0.15) is 0 Å². The van der Waals surface area contributed by atoms with E-state index in [0.717, 1.165) is 30.8 Å². The molecule has 0 aromatic heterocycles. The van der Waals surface area contributed by atoms with Crippen molar-refractivity contribution in [2.45, 2.75) is 90.1 Å². The molecule has 0 unspecified atom stereocenters. The first-order valence-electron chi connectivity index (χ1n) is 12.2. The van der Waals surface area contributed by atoms with Gasteiger partial charge in [0.15, 0.2) is 0 Å². The van der Waals surface area contributed by atoms with Crippen molar-refractivity contribution in [3.8, 4) is 0 Å². The van der Waals surface area contributed by atoms with E-state index in [4.69, 9.17) is 4.74 Å². The normalized spacial score (nSPS) is 37.3. The molecule has 2 saturated carbocycles. The molecule has 0 aromatic rings. The summed E-state index contributed by atoms with van der Waals surface area (Å²) in [6.45, 7) is 10.6. The van der Waals surface area contributed by atoms with Crippen molar-refractivity contribution >= 4 is 0 Å². The maximum atomic E-state index is 5.53. The number of hydrogen-bond donors (Lipinski definition) is 3. The monoisotopic (exact) mass is 394 g/mol. The van der Waals surface area contributed by atoms with Crippen molar-refractivity contribution in [2.75, 3.05) is 39.8 Å². The molecule has 0 atom stereocenters. The number of methoxy groups -OCH3 is 1. The van der Waals surface area contributed by atoms with Crippen LogP contribution in [0.25, 0.3) is 0 Å². The topological polar surface area (TPSA) is 48.6 Å². The van der Waals surface area contributed by atoms with Gasteiger partial charge in [-0.3, -0.25) is 16.0 Å². The van der Waals surface area contributed by atoms with E-state index in [1.54, 1.807) is 0 Å². The molecule has 0 bridgehead atoms. The Hall–Kier alpha value is -0.200. The lowest BCUT2D eigenvalue weighted by Gasteiger charge is -2.40. The van der Waals surface area contributed by atoms with E-state index in [-0.39, 0.29) is 0 Å². The first-order valence-corrected chi connectivity index (χ1v) is 12.2. The minimum absolute atomic E-state index is 0.309. The van der Waals surface area contributed by atoms with E-state index in [1.165, 1.54) is 77.4 Å². The van der Waals surface area contributed by atoms with Crippen LogP contribution < -0.4 is 16.0 Å². The molecule has 1 aliphatic heterocycles. The Bertz CT molecular complexity index is 407. The minimum Gasteiger partial charge on any atom is -0.381 e. The second kappa shape index (κ2) is 11.8. The van der Waals surface area contributed by atoms with Gasteiger partial charge in [-0.05, 0) is 95.2 Å². The molecule has 3 rings (SSSR count). The Morgan fingerprint density at radius 2 is 1.50 bits per heavy atom. The van der Waals surface area contributed by atoms with Crippen molar-refractivity contribution < 1.29 is 4.74 Å². The molecule has 5 heteroatoms. The van der Waals surface area contributed by atoms with Crippen molar-refractivity contribution in [2.24, 2.45) is 17.8 Å². The molecule has 164 valence electrons. The molecule has 0 aromatic carbocycles. The van der Waals surface area contributed by atoms with Gasteiger partial charge < -0.3 is 9.64 Å². The van der Waals surface area contributed by atoms with Crippen LogP contribution in [0.2, 0.25) is 0 Å². The summed E-state index contributed by atoms with van der Waals surface area (Å²) in [7, 11) is 1.86. The van der Waals surface area contributed by atoms with Crippen LogP contribution in [0.1, 0.15) is 71.6 Å². The SMILES string of the molecule is CCN(CC)CCC1CCC(NC2NCC(C3CCC(OC)CC3)CN2)CC1. The highest BCUT2D eigenvalue weighted by Gasteiger charge is 2.31. The van der Waals surface area contributed by atoms with Gasteiger partial charge in [0.2, 0.25) is 0 Å². The first-order chi connectivity index (χ1) is 13.7. The number of nitrogens with zero attached hydrogens (tertiary/aromatic N) is 1. The van der Waals surface area contributed by atoms with Gasteiger partial charge in [0.1, 0.15) is 6.29 Å². The van der Waals surface area contributed by atoms with Crippen LogP contribution in [-0.2, 0) is 4.74 Å². The number of nitrogens with one attached hydrogen (secondary N) is 3. The summed E-state index contributed by atoms with van der Waals surface area (Å²) in [5.41, 5.74) is 0. The van der Waals surface area contributed by atoms with Crippen LogP contribution >= 0.6 is 0 Å². The van der Waals surface area contributed by atoms with Crippen molar-refractivity contribution in [1.82, 2.24) is 20.9 Å². The molecule has 3 fully saturated rings. The highest BCUT2D eigenvalue weighted by molar-refractivity contribution is 4.87. The number of rotatable bonds is 9.